The van der Waals surface area contributed by atoms with Gasteiger partial charge in [-0.15, -0.1) is 0 Å². The van der Waals surface area contributed by atoms with Gasteiger partial charge in [0, 0.05) is 17.3 Å². The molecule has 0 fully saturated rings. The summed E-state index contributed by atoms with van der Waals surface area (Å²) in [4.78, 5) is 12.4. The van der Waals surface area contributed by atoms with Gasteiger partial charge < -0.3 is 10.1 Å². The average Bonchev–Trinajstić information content (AvgIpc) is 2.91. The van der Waals surface area contributed by atoms with Crippen LogP contribution in [0.1, 0.15) is 22.8 Å². The second kappa shape index (κ2) is 7.15. The number of hydrogen-bond acceptors (Lipinski definition) is 4. The minimum atomic E-state index is -3.39. The summed E-state index contributed by atoms with van der Waals surface area (Å²) in [6, 6.07) is 10.2. The van der Waals surface area contributed by atoms with Crippen LogP contribution < -0.4 is 14.4 Å². The van der Waals surface area contributed by atoms with Crippen LogP contribution in [0.15, 0.2) is 42.5 Å². The van der Waals surface area contributed by atoms with E-state index in [-0.39, 0.29) is 17.7 Å². The lowest BCUT2D eigenvalue weighted by atomic mass is 10.1. The molecule has 2 aromatic carbocycles. The molecular weight excluding hydrogens is 378 g/mol. The molecule has 0 spiro atoms. The molecule has 0 saturated carbocycles. The van der Waals surface area contributed by atoms with Gasteiger partial charge in [0.25, 0.3) is 5.91 Å². The minimum Gasteiger partial charge on any atom is -0.435 e. The predicted octanol–water partition coefficient (Wildman–Crippen LogP) is 3.25. The lowest BCUT2D eigenvalue weighted by Crippen LogP contribution is -2.34. The van der Waals surface area contributed by atoms with E-state index in [1.807, 2.05) is 6.92 Å². The molecular formula is C18H18F2N2O4S. The normalized spacial score (nSPS) is 16.3. The van der Waals surface area contributed by atoms with Gasteiger partial charge in [0.1, 0.15) is 5.75 Å². The fourth-order valence-corrected chi connectivity index (χ4v) is 4.44. The zero-order chi connectivity index (χ0) is 19.8. The number of halogens is 2. The van der Waals surface area contributed by atoms with Crippen LogP contribution in [-0.4, -0.2) is 33.2 Å². The standard InChI is InChI=1S/C18H18F2N2O4S/c1-11-9-13-10-12(3-8-16(13)22(11)27(2,24)25)17(23)21-14-4-6-15(7-5-14)26-18(19)20/h3-8,10-11,18H,9H2,1-2H3,(H,21,23)/t11-/m0/s1. The highest BCUT2D eigenvalue weighted by Gasteiger charge is 2.32. The van der Waals surface area contributed by atoms with Crippen molar-refractivity contribution >= 4 is 27.3 Å². The SMILES string of the molecule is C[C@H]1Cc2cc(C(=O)Nc3ccc(OC(F)F)cc3)ccc2N1S(C)(=O)=O. The summed E-state index contributed by atoms with van der Waals surface area (Å²) < 4.78 is 53.8. The van der Waals surface area contributed by atoms with Crippen LogP contribution in [0, 0.1) is 0 Å². The Balaban J connectivity index is 1.76. The van der Waals surface area contributed by atoms with Crippen molar-refractivity contribution in [3.05, 3.63) is 53.6 Å². The molecule has 1 aliphatic heterocycles. The van der Waals surface area contributed by atoms with Gasteiger partial charge in [-0.25, -0.2) is 8.42 Å². The molecule has 1 atom stereocenters. The number of nitrogens with zero attached hydrogens (tertiary/aromatic N) is 1. The van der Waals surface area contributed by atoms with Crippen molar-refractivity contribution in [2.24, 2.45) is 0 Å². The van der Waals surface area contributed by atoms with Gasteiger partial charge in [-0.05, 0) is 61.4 Å². The molecule has 27 heavy (non-hydrogen) atoms. The number of anilines is 2. The van der Waals surface area contributed by atoms with Crippen LogP contribution in [0.25, 0.3) is 0 Å². The molecule has 2 aromatic rings. The summed E-state index contributed by atoms with van der Waals surface area (Å²) >= 11 is 0. The number of benzene rings is 2. The quantitative estimate of drug-likeness (QED) is 0.842. The highest BCUT2D eigenvalue weighted by atomic mass is 32.2. The molecule has 0 unspecified atom stereocenters. The predicted molar refractivity (Wildman–Crippen MR) is 98.0 cm³/mol. The van der Waals surface area contributed by atoms with E-state index in [9.17, 15) is 22.0 Å². The molecule has 0 bridgehead atoms. The molecule has 6 nitrogen and oxygen atoms in total. The third kappa shape index (κ3) is 4.19. The number of amides is 1. The maximum atomic E-state index is 12.4. The molecule has 1 aliphatic rings. The van der Waals surface area contributed by atoms with Crippen LogP contribution >= 0.6 is 0 Å². The van der Waals surface area contributed by atoms with Crippen molar-refractivity contribution in [1.82, 2.24) is 0 Å². The maximum Gasteiger partial charge on any atom is 0.387 e. The molecule has 0 saturated heterocycles. The topological polar surface area (TPSA) is 75.7 Å². The zero-order valence-corrected chi connectivity index (χ0v) is 15.5. The van der Waals surface area contributed by atoms with Crippen molar-refractivity contribution in [1.29, 1.82) is 0 Å². The Kier molecular flexibility index (Phi) is 5.05. The number of nitrogens with one attached hydrogen (secondary N) is 1. The van der Waals surface area contributed by atoms with Crippen molar-refractivity contribution < 1.29 is 26.7 Å². The number of hydrogen-bond donors (Lipinski definition) is 1. The Bertz CT molecular complexity index is 962. The lowest BCUT2D eigenvalue weighted by Gasteiger charge is -2.21. The third-order valence-electron chi connectivity index (χ3n) is 4.19. The Labute approximate surface area is 155 Å². The van der Waals surface area contributed by atoms with E-state index in [1.165, 1.54) is 28.6 Å². The van der Waals surface area contributed by atoms with Crippen LogP contribution in [-0.2, 0) is 16.4 Å². The number of rotatable bonds is 5. The number of fused-ring (bicyclic) bond motifs is 1. The van der Waals surface area contributed by atoms with Gasteiger partial charge in [0.2, 0.25) is 10.0 Å². The van der Waals surface area contributed by atoms with Crippen LogP contribution in [0.3, 0.4) is 0 Å². The molecule has 1 heterocycles. The van der Waals surface area contributed by atoms with E-state index in [1.54, 1.807) is 18.2 Å². The first kappa shape index (κ1) is 19.1. The molecule has 0 aromatic heterocycles. The van der Waals surface area contributed by atoms with Gasteiger partial charge >= 0.3 is 6.61 Å². The van der Waals surface area contributed by atoms with E-state index in [0.717, 1.165) is 11.8 Å². The van der Waals surface area contributed by atoms with Gasteiger partial charge in [-0.3, -0.25) is 9.10 Å². The van der Waals surface area contributed by atoms with E-state index < -0.39 is 16.6 Å². The number of carbonyl (C=O) groups excluding carboxylic acids is 1. The lowest BCUT2D eigenvalue weighted by molar-refractivity contribution is -0.0498. The molecule has 1 N–H and O–H groups in total. The first-order valence-electron chi connectivity index (χ1n) is 8.13. The Hall–Kier alpha value is -2.68. The Morgan fingerprint density at radius 3 is 2.48 bits per heavy atom. The van der Waals surface area contributed by atoms with Gasteiger partial charge in [-0.2, -0.15) is 8.78 Å². The first-order chi connectivity index (χ1) is 12.6. The van der Waals surface area contributed by atoms with Crippen LogP contribution in [0.4, 0.5) is 20.2 Å². The number of sulfonamides is 1. The Morgan fingerprint density at radius 2 is 1.89 bits per heavy atom. The zero-order valence-electron chi connectivity index (χ0n) is 14.6. The molecule has 144 valence electrons. The second-order valence-corrected chi connectivity index (χ2v) is 8.17. The van der Waals surface area contributed by atoms with Crippen LogP contribution in [0.2, 0.25) is 0 Å². The summed E-state index contributed by atoms with van der Waals surface area (Å²) in [6.07, 6.45) is 1.67. The summed E-state index contributed by atoms with van der Waals surface area (Å²) in [6.45, 7) is -1.10. The molecule has 0 radical (unpaired) electrons. The summed E-state index contributed by atoms with van der Waals surface area (Å²) in [5, 5.41) is 2.67. The summed E-state index contributed by atoms with van der Waals surface area (Å²) in [5.74, 6) is -0.388. The molecule has 9 heteroatoms. The number of alkyl halides is 2. The van der Waals surface area contributed by atoms with E-state index >= 15 is 0 Å². The van der Waals surface area contributed by atoms with E-state index in [0.29, 0.717) is 23.4 Å². The monoisotopic (exact) mass is 396 g/mol. The van der Waals surface area contributed by atoms with Gasteiger partial charge in [-0.1, -0.05) is 0 Å². The van der Waals surface area contributed by atoms with Crippen molar-refractivity contribution in [3.8, 4) is 5.75 Å². The second-order valence-electron chi connectivity index (χ2n) is 6.31. The fourth-order valence-electron chi connectivity index (χ4n) is 3.17. The minimum absolute atomic E-state index is 0.00427. The third-order valence-corrected chi connectivity index (χ3v) is 5.46. The largest absolute Gasteiger partial charge is 0.435 e. The summed E-state index contributed by atoms with van der Waals surface area (Å²) in [7, 11) is -3.39. The number of ether oxygens (including phenoxy) is 1. The van der Waals surface area contributed by atoms with Crippen molar-refractivity contribution in [3.63, 3.8) is 0 Å². The van der Waals surface area contributed by atoms with Gasteiger partial charge in [0.05, 0.1) is 11.9 Å². The number of carbonyl (C=O) groups is 1. The van der Waals surface area contributed by atoms with Crippen molar-refractivity contribution in [2.75, 3.05) is 15.9 Å². The summed E-state index contributed by atoms with van der Waals surface area (Å²) in [5.41, 5.74) is 2.16. The maximum absolute atomic E-state index is 12.4. The smallest absolute Gasteiger partial charge is 0.387 e. The fraction of sp³-hybridized carbons (Fsp3) is 0.278. The molecule has 0 aliphatic carbocycles. The highest BCUT2D eigenvalue weighted by Crippen LogP contribution is 2.34. The van der Waals surface area contributed by atoms with E-state index in [4.69, 9.17) is 0 Å². The molecule has 1 amide bonds. The van der Waals surface area contributed by atoms with Crippen molar-refractivity contribution in [2.45, 2.75) is 26.0 Å². The van der Waals surface area contributed by atoms with Crippen LogP contribution in [0.5, 0.6) is 5.75 Å². The first-order valence-corrected chi connectivity index (χ1v) is 9.98. The highest BCUT2D eigenvalue weighted by molar-refractivity contribution is 7.92. The van der Waals surface area contributed by atoms with E-state index in [2.05, 4.69) is 10.1 Å². The molecule has 3 rings (SSSR count). The van der Waals surface area contributed by atoms with Gasteiger partial charge in [0.15, 0.2) is 0 Å². The average molecular weight is 396 g/mol. The Morgan fingerprint density at radius 1 is 1.22 bits per heavy atom.